The van der Waals surface area contributed by atoms with Gasteiger partial charge in [-0.3, -0.25) is 15.4 Å². The zero-order valence-corrected chi connectivity index (χ0v) is 17.3. The molecular weight excluding hydrogens is 404 g/mol. The van der Waals surface area contributed by atoms with E-state index < -0.39 is 6.29 Å². The summed E-state index contributed by atoms with van der Waals surface area (Å²) < 4.78 is 0. The first kappa shape index (κ1) is 19.3. The summed E-state index contributed by atoms with van der Waals surface area (Å²) in [5.74, 6) is 1.71. The number of benzene rings is 1. The number of nitrogens with zero attached hydrogens (tertiary/aromatic N) is 5. The highest BCUT2D eigenvalue weighted by molar-refractivity contribution is 6.30. The van der Waals surface area contributed by atoms with E-state index in [1.165, 1.54) is 0 Å². The quantitative estimate of drug-likeness (QED) is 0.659. The van der Waals surface area contributed by atoms with E-state index in [1.54, 1.807) is 30.6 Å². The van der Waals surface area contributed by atoms with E-state index in [0.717, 1.165) is 63.0 Å². The van der Waals surface area contributed by atoms with Crippen LogP contribution in [0.4, 0.5) is 5.82 Å². The number of hydrogen-bond acceptors (Lipinski definition) is 7. The van der Waals surface area contributed by atoms with Crippen LogP contribution in [0.5, 0.6) is 0 Å². The van der Waals surface area contributed by atoms with Gasteiger partial charge in [0.15, 0.2) is 17.9 Å². The molecule has 1 aromatic heterocycles. The molecule has 10 heteroatoms. The van der Waals surface area contributed by atoms with Crippen molar-refractivity contribution in [1.82, 2.24) is 24.7 Å². The summed E-state index contributed by atoms with van der Waals surface area (Å²) in [6.45, 7) is 5.05. The van der Waals surface area contributed by atoms with Crippen LogP contribution in [0.3, 0.4) is 0 Å². The second-order valence-electron chi connectivity index (χ2n) is 7.89. The molecule has 9 nitrogen and oxygen atoms in total. The highest BCUT2D eigenvalue weighted by Crippen LogP contribution is 2.24. The van der Waals surface area contributed by atoms with E-state index in [9.17, 15) is 4.79 Å². The van der Waals surface area contributed by atoms with Gasteiger partial charge in [-0.1, -0.05) is 11.6 Å². The summed E-state index contributed by atoms with van der Waals surface area (Å²) in [6.07, 6.45) is 2.25. The molecule has 5 rings (SSSR count). The van der Waals surface area contributed by atoms with Crippen molar-refractivity contribution >= 4 is 29.2 Å². The number of amides is 1. The average molecular weight is 429 g/mol. The third kappa shape index (κ3) is 3.64. The van der Waals surface area contributed by atoms with Crippen molar-refractivity contribution in [3.8, 4) is 0 Å². The Morgan fingerprint density at radius 2 is 1.90 bits per heavy atom. The number of piperazine rings is 1. The maximum Gasteiger partial charge on any atom is 0.253 e. The van der Waals surface area contributed by atoms with Crippen molar-refractivity contribution in [2.75, 3.05) is 44.6 Å². The van der Waals surface area contributed by atoms with Crippen LogP contribution in [0, 0.1) is 0 Å². The van der Waals surface area contributed by atoms with Gasteiger partial charge in [0, 0.05) is 55.9 Å². The van der Waals surface area contributed by atoms with E-state index in [1.807, 2.05) is 4.90 Å². The lowest BCUT2D eigenvalue weighted by Crippen LogP contribution is -2.52. The molecule has 1 unspecified atom stereocenters. The number of aliphatic imine (C=N–C) groups is 1. The summed E-state index contributed by atoms with van der Waals surface area (Å²) in [5.41, 5.74) is 7.60. The molecule has 4 N–H and O–H groups in total. The Balaban J connectivity index is 1.19. The Morgan fingerprint density at radius 3 is 2.67 bits per heavy atom. The molecule has 3 aliphatic rings. The molecule has 4 heterocycles. The number of carbonyl (C=O) groups excluding carboxylic acids is 1. The number of nitrogens with two attached hydrogens (primary N) is 1. The number of likely N-dealkylation sites (tertiary alicyclic amines) is 1. The molecule has 158 valence electrons. The number of anilines is 1. The second-order valence-corrected chi connectivity index (χ2v) is 8.33. The lowest BCUT2D eigenvalue weighted by Gasteiger charge is -2.38. The van der Waals surface area contributed by atoms with Crippen LogP contribution in [0.25, 0.3) is 0 Å². The Hall–Kier alpha value is -2.62. The Labute approximate surface area is 179 Å². The number of imidazole rings is 1. The lowest BCUT2D eigenvalue weighted by atomic mass is 10.1. The summed E-state index contributed by atoms with van der Waals surface area (Å²) in [6, 6.07) is 7.55. The summed E-state index contributed by atoms with van der Waals surface area (Å²) in [7, 11) is 0. The predicted molar refractivity (Wildman–Crippen MR) is 116 cm³/mol. The number of rotatable bonds is 2. The lowest BCUT2D eigenvalue weighted by molar-refractivity contribution is 0.0579. The zero-order valence-electron chi connectivity index (χ0n) is 16.6. The first-order valence-corrected chi connectivity index (χ1v) is 10.6. The van der Waals surface area contributed by atoms with Gasteiger partial charge in [0.25, 0.3) is 5.91 Å². The summed E-state index contributed by atoms with van der Waals surface area (Å²) in [5, 5.41) is 3.71. The van der Waals surface area contributed by atoms with Crippen molar-refractivity contribution in [2.45, 2.75) is 18.8 Å². The fourth-order valence-corrected chi connectivity index (χ4v) is 4.61. The number of H-pyrrole nitrogens is 1. The molecule has 2 saturated heterocycles. The van der Waals surface area contributed by atoms with Crippen LogP contribution in [-0.2, 0) is 0 Å². The van der Waals surface area contributed by atoms with Gasteiger partial charge in [0.1, 0.15) is 5.69 Å². The minimum atomic E-state index is -0.475. The molecule has 0 radical (unpaired) electrons. The third-order valence-electron chi connectivity index (χ3n) is 6.08. The minimum absolute atomic E-state index is 0.0733. The number of hydrogen-bond donors (Lipinski definition) is 3. The number of halogens is 1. The zero-order chi connectivity index (χ0) is 20.7. The number of amidine groups is 1. The van der Waals surface area contributed by atoms with Gasteiger partial charge in [-0.25, -0.2) is 9.98 Å². The van der Waals surface area contributed by atoms with Gasteiger partial charge in [-0.2, -0.15) is 0 Å². The van der Waals surface area contributed by atoms with Gasteiger partial charge < -0.3 is 20.1 Å². The molecule has 1 amide bonds. The topological polar surface area (TPSA) is 106 Å². The monoisotopic (exact) mass is 428 g/mol. The number of fused-ring (bicyclic) bond motifs is 1. The number of aromatic amines is 1. The standard InChI is InChI=1S/C20H25ClN8O/c21-14-3-1-13(2-4-14)19(30)28-9-7-27(8-10-28)15-5-6-29(11-15)18-16-17(24-12-23-16)25-20(22)26-18/h1-4,12,15,20,25H,5-11,22H2,(H,23,24)/t15-,20?/m0/s1. The molecule has 1 aromatic carbocycles. The van der Waals surface area contributed by atoms with Gasteiger partial charge in [-0.05, 0) is 30.7 Å². The van der Waals surface area contributed by atoms with Crippen molar-refractivity contribution < 1.29 is 4.79 Å². The molecule has 0 spiro atoms. The molecule has 0 saturated carbocycles. The molecule has 2 fully saturated rings. The first-order valence-electron chi connectivity index (χ1n) is 10.3. The average Bonchev–Trinajstić information content (AvgIpc) is 3.43. The summed E-state index contributed by atoms with van der Waals surface area (Å²) >= 11 is 5.93. The van der Waals surface area contributed by atoms with Gasteiger partial charge in [0.05, 0.1) is 6.33 Å². The van der Waals surface area contributed by atoms with Crippen LogP contribution in [0.2, 0.25) is 5.02 Å². The maximum absolute atomic E-state index is 12.7. The predicted octanol–water partition coefficient (Wildman–Crippen LogP) is 1.01. The van der Waals surface area contributed by atoms with E-state index in [-0.39, 0.29) is 5.91 Å². The second kappa shape index (κ2) is 7.90. The SMILES string of the molecule is NC1N=C(N2CC[C@H](N3CCN(C(=O)c4ccc(Cl)cc4)CC3)C2)c2[nH]cnc2N1. The van der Waals surface area contributed by atoms with Gasteiger partial charge in [-0.15, -0.1) is 0 Å². The Kier molecular flexibility index (Phi) is 5.10. The normalized spacial score (nSPS) is 24.4. The van der Waals surface area contributed by atoms with Crippen molar-refractivity contribution in [2.24, 2.45) is 10.7 Å². The molecule has 0 bridgehead atoms. The van der Waals surface area contributed by atoms with E-state index in [4.69, 9.17) is 17.3 Å². The van der Waals surface area contributed by atoms with Crippen LogP contribution in [0.1, 0.15) is 22.5 Å². The van der Waals surface area contributed by atoms with Crippen molar-refractivity contribution in [1.29, 1.82) is 0 Å². The highest BCUT2D eigenvalue weighted by Gasteiger charge is 2.35. The molecule has 2 aromatic rings. The Morgan fingerprint density at radius 1 is 1.13 bits per heavy atom. The van der Waals surface area contributed by atoms with E-state index in [2.05, 4.69) is 30.1 Å². The van der Waals surface area contributed by atoms with E-state index in [0.29, 0.717) is 16.6 Å². The molecule has 0 aliphatic carbocycles. The Bertz CT molecular complexity index is 950. The molecular formula is C20H25ClN8O. The van der Waals surface area contributed by atoms with Crippen molar-refractivity contribution in [3.05, 3.63) is 46.9 Å². The minimum Gasteiger partial charge on any atom is -0.353 e. The molecule has 30 heavy (non-hydrogen) atoms. The number of carbonyl (C=O) groups is 1. The van der Waals surface area contributed by atoms with Crippen molar-refractivity contribution in [3.63, 3.8) is 0 Å². The van der Waals surface area contributed by atoms with Crippen LogP contribution < -0.4 is 11.1 Å². The van der Waals surface area contributed by atoms with Crippen LogP contribution in [0.15, 0.2) is 35.6 Å². The largest absolute Gasteiger partial charge is 0.353 e. The summed E-state index contributed by atoms with van der Waals surface area (Å²) in [4.78, 5) is 31.5. The number of aromatic nitrogens is 2. The van der Waals surface area contributed by atoms with Gasteiger partial charge >= 0.3 is 0 Å². The molecule has 3 aliphatic heterocycles. The molecule has 2 atom stereocenters. The maximum atomic E-state index is 12.7. The van der Waals surface area contributed by atoms with E-state index >= 15 is 0 Å². The highest BCUT2D eigenvalue weighted by atomic mass is 35.5. The van der Waals surface area contributed by atoms with Gasteiger partial charge in [0.2, 0.25) is 0 Å². The van der Waals surface area contributed by atoms with Crippen LogP contribution >= 0.6 is 11.6 Å². The van der Waals surface area contributed by atoms with Crippen LogP contribution in [-0.4, -0.2) is 88.0 Å². The fraction of sp³-hybridized carbons (Fsp3) is 0.450. The smallest absolute Gasteiger partial charge is 0.253 e. The fourth-order valence-electron chi connectivity index (χ4n) is 4.48. The third-order valence-corrected chi connectivity index (χ3v) is 6.33. The first-order chi connectivity index (χ1) is 14.6. The number of nitrogens with one attached hydrogen (secondary N) is 2.